The third-order valence-corrected chi connectivity index (χ3v) is 5.33. The van der Waals surface area contributed by atoms with Crippen molar-refractivity contribution >= 4 is 17.1 Å². The lowest BCUT2D eigenvalue weighted by Crippen LogP contribution is -2.12. The van der Waals surface area contributed by atoms with Crippen LogP contribution >= 0.6 is 0 Å². The summed E-state index contributed by atoms with van der Waals surface area (Å²) in [5.41, 5.74) is 5.20. The fourth-order valence-corrected chi connectivity index (χ4v) is 3.66. The minimum Gasteiger partial charge on any atom is -0.508 e. The number of hydrogen-bond donors (Lipinski definition) is 3. The molecule has 0 heterocycles. The highest BCUT2D eigenvalue weighted by atomic mass is 16.5. The number of benzene rings is 4. The van der Waals surface area contributed by atoms with Gasteiger partial charge in [-0.3, -0.25) is 0 Å². The van der Waals surface area contributed by atoms with Crippen molar-refractivity contribution in [1.29, 1.82) is 0 Å². The first kappa shape index (κ1) is 21.1. The Hall–Kier alpha value is -4.12. The van der Waals surface area contributed by atoms with Gasteiger partial charge in [0.2, 0.25) is 0 Å². The monoisotopic (exact) mass is 427 g/mol. The fraction of sp³-hybridized carbons (Fsp3) is 0.111. The summed E-state index contributed by atoms with van der Waals surface area (Å²) in [6.45, 7) is 5.71. The molecule has 0 radical (unpaired) electrons. The van der Waals surface area contributed by atoms with Crippen LogP contribution in [0.5, 0.6) is 28.7 Å². The number of phenolic OH excluding ortho intramolecular Hbond substituents is 3. The molecule has 0 aliphatic carbocycles. The smallest absolute Gasteiger partial charge is 0.131 e. The summed E-state index contributed by atoms with van der Waals surface area (Å²) in [6.07, 6.45) is 0. The highest BCUT2D eigenvalue weighted by Crippen LogP contribution is 2.41. The Morgan fingerprint density at radius 2 is 1.19 bits per heavy atom. The minimum absolute atomic E-state index is 0.180. The van der Waals surface area contributed by atoms with Crippen LogP contribution in [0.4, 0.5) is 17.1 Å². The van der Waals surface area contributed by atoms with Crippen LogP contribution in [0.3, 0.4) is 0 Å². The molecule has 0 spiro atoms. The lowest BCUT2D eigenvalue weighted by Gasteiger charge is -2.29. The number of phenols is 3. The predicted molar refractivity (Wildman–Crippen MR) is 127 cm³/mol. The highest BCUT2D eigenvalue weighted by Gasteiger charge is 2.18. The van der Waals surface area contributed by atoms with Crippen molar-refractivity contribution in [2.45, 2.75) is 20.8 Å². The van der Waals surface area contributed by atoms with Crippen molar-refractivity contribution in [2.75, 3.05) is 4.90 Å². The molecule has 0 aliphatic heterocycles. The third kappa shape index (κ3) is 4.32. The van der Waals surface area contributed by atoms with Gasteiger partial charge in [0.25, 0.3) is 0 Å². The summed E-state index contributed by atoms with van der Waals surface area (Å²) in [6, 6.07) is 23.3. The number of ether oxygens (including phenoxy) is 1. The molecule has 32 heavy (non-hydrogen) atoms. The molecular weight excluding hydrogens is 402 g/mol. The van der Waals surface area contributed by atoms with Crippen molar-refractivity contribution < 1.29 is 20.1 Å². The standard InChI is InChI=1S/C27H25NO4/c1-17-7-10-24(16-27(17)31)32-23-6-4-5-20(15-23)28(25-11-8-21(29)13-18(25)2)26-12-9-22(30)14-19(26)3/h4-16,29-31H,1-3H3. The van der Waals surface area contributed by atoms with Crippen molar-refractivity contribution in [2.24, 2.45) is 0 Å². The average molecular weight is 428 g/mol. The van der Waals surface area contributed by atoms with E-state index in [2.05, 4.69) is 4.90 Å². The zero-order valence-electron chi connectivity index (χ0n) is 18.2. The lowest BCUT2D eigenvalue weighted by atomic mass is 10.1. The molecule has 0 bridgehead atoms. The highest BCUT2D eigenvalue weighted by molar-refractivity contribution is 5.81. The Labute approximate surface area is 187 Å². The van der Waals surface area contributed by atoms with Gasteiger partial charge in [-0.15, -0.1) is 0 Å². The molecule has 5 heteroatoms. The first-order valence-corrected chi connectivity index (χ1v) is 10.3. The molecule has 4 aromatic rings. The van der Waals surface area contributed by atoms with E-state index in [1.807, 2.05) is 63.2 Å². The van der Waals surface area contributed by atoms with E-state index in [9.17, 15) is 15.3 Å². The normalized spacial score (nSPS) is 10.7. The minimum atomic E-state index is 0.180. The second-order valence-corrected chi connectivity index (χ2v) is 7.82. The van der Waals surface area contributed by atoms with Crippen LogP contribution in [0.15, 0.2) is 78.9 Å². The molecule has 0 fully saturated rings. The van der Waals surface area contributed by atoms with Crippen LogP contribution in [0.25, 0.3) is 0 Å². The van der Waals surface area contributed by atoms with E-state index >= 15 is 0 Å². The van der Waals surface area contributed by atoms with Crippen LogP contribution in [0.2, 0.25) is 0 Å². The van der Waals surface area contributed by atoms with Gasteiger partial charge in [-0.05, 0) is 92.1 Å². The number of nitrogens with zero attached hydrogens (tertiary/aromatic N) is 1. The molecule has 3 N–H and O–H groups in total. The third-order valence-electron chi connectivity index (χ3n) is 5.33. The average Bonchev–Trinajstić information content (AvgIpc) is 2.74. The zero-order chi connectivity index (χ0) is 22.8. The van der Waals surface area contributed by atoms with Crippen molar-refractivity contribution in [1.82, 2.24) is 0 Å². The van der Waals surface area contributed by atoms with Gasteiger partial charge >= 0.3 is 0 Å². The maximum atomic E-state index is 10.00. The summed E-state index contributed by atoms with van der Waals surface area (Å²) in [5, 5.41) is 29.8. The number of aromatic hydroxyl groups is 3. The molecule has 0 unspecified atom stereocenters. The molecule has 4 aromatic carbocycles. The topological polar surface area (TPSA) is 73.2 Å². The van der Waals surface area contributed by atoms with Crippen molar-refractivity contribution in [3.05, 3.63) is 95.6 Å². The van der Waals surface area contributed by atoms with E-state index in [-0.39, 0.29) is 17.2 Å². The fourth-order valence-electron chi connectivity index (χ4n) is 3.66. The van der Waals surface area contributed by atoms with Crippen molar-refractivity contribution in [3.63, 3.8) is 0 Å². The van der Waals surface area contributed by atoms with Gasteiger partial charge in [0, 0.05) is 29.2 Å². The Morgan fingerprint density at radius 3 is 1.75 bits per heavy atom. The van der Waals surface area contributed by atoms with E-state index < -0.39 is 0 Å². The van der Waals surface area contributed by atoms with E-state index in [1.165, 1.54) is 0 Å². The van der Waals surface area contributed by atoms with Crippen LogP contribution in [0.1, 0.15) is 16.7 Å². The zero-order valence-corrected chi connectivity index (χ0v) is 18.2. The number of aryl methyl sites for hydroxylation is 3. The summed E-state index contributed by atoms with van der Waals surface area (Å²) in [4.78, 5) is 2.06. The maximum absolute atomic E-state index is 10.00. The largest absolute Gasteiger partial charge is 0.508 e. The van der Waals surface area contributed by atoms with Crippen LogP contribution in [-0.4, -0.2) is 15.3 Å². The predicted octanol–water partition coefficient (Wildman–Crippen LogP) is 6.99. The lowest BCUT2D eigenvalue weighted by molar-refractivity contribution is 0.452. The second-order valence-electron chi connectivity index (χ2n) is 7.82. The molecule has 0 atom stereocenters. The Balaban J connectivity index is 1.80. The Kier molecular flexibility index (Phi) is 5.65. The molecule has 0 saturated carbocycles. The van der Waals surface area contributed by atoms with Gasteiger partial charge in [0.05, 0.1) is 0 Å². The van der Waals surface area contributed by atoms with Crippen LogP contribution < -0.4 is 9.64 Å². The number of rotatable bonds is 5. The summed E-state index contributed by atoms with van der Waals surface area (Å²) in [7, 11) is 0. The maximum Gasteiger partial charge on any atom is 0.131 e. The number of anilines is 3. The van der Waals surface area contributed by atoms with E-state index in [1.54, 1.807) is 36.4 Å². The van der Waals surface area contributed by atoms with Gasteiger partial charge in [-0.25, -0.2) is 0 Å². The quantitative estimate of drug-likeness (QED) is 0.320. The summed E-state index contributed by atoms with van der Waals surface area (Å²) in [5.74, 6) is 1.73. The summed E-state index contributed by atoms with van der Waals surface area (Å²) < 4.78 is 6.01. The molecule has 5 nitrogen and oxygen atoms in total. The van der Waals surface area contributed by atoms with Gasteiger partial charge in [-0.2, -0.15) is 0 Å². The van der Waals surface area contributed by atoms with Gasteiger partial charge in [0.1, 0.15) is 28.7 Å². The molecule has 0 aromatic heterocycles. The van der Waals surface area contributed by atoms with E-state index in [0.717, 1.165) is 33.8 Å². The molecule has 0 amide bonds. The SMILES string of the molecule is Cc1ccc(Oc2cccc(N(c3ccc(O)cc3C)c3ccc(O)cc3C)c2)cc1O. The van der Waals surface area contributed by atoms with E-state index in [0.29, 0.717) is 11.5 Å². The number of hydrogen-bond acceptors (Lipinski definition) is 5. The first-order chi connectivity index (χ1) is 15.3. The Morgan fingerprint density at radius 1 is 0.594 bits per heavy atom. The molecule has 162 valence electrons. The first-order valence-electron chi connectivity index (χ1n) is 10.3. The van der Waals surface area contributed by atoms with E-state index in [4.69, 9.17) is 4.74 Å². The molecule has 0 aliphatic rings. The van der Waals surface area contributed by atoms with Crippen LogP contribution in [-0.2, 0) is 0 Å². The Bertz CT molecular complexity index is 1230. The van der Waals surface area contributed by atoms with Gasteiger partial charge in [0.15, 0.2) is 0 Å². The van der Waals surface area contributed by atoms with Gasteiger partial charge < -0.3 is 25.0 Å². The van der Waals surface area contributed by atoms with Gasteiger partial charge in [-0.1, -0.05) is 12.1 Å². The molecular formula is C27H25NO4. The second kappa shape index (κ2) is 8.55. The molecule has 0 saturated heterocycles. The molecule has 4 rings (SSSR count). The van der Waals surface area contributed by atoms with Crippen molar-refractivity contribution in [3.8, 4) is 28.7 Å². The van der Waals surface area contributed by atoms with Crippen LogP contribution in [0, 0.1) is 20.8 Å². The summed E-state index contributed by atoms with van der Waals surface area (Å²) >= 11 is 0.